The summed E-state index contributed by atoms with van der Waals surface area (Å²) in [4.78, 5) is 4.55. The second-order valence-electron chi connectivity index (χ2n) is 6.56. The summed E-state index contributed by atoms with van der Waals surface area (Å²) in [5.41, 5.74) is 0.943. The molecule has 1 unspecified atom stereocenters. The minimum absolute atomic E-state index is 0.0428. The van der Waals surface area contributed by atoms with Gasteiger partial charge in [0.15, 0.2) is 11.7 Å². The van der Waals surface area contributed by atoms with Crippen molar-refractivity contribution in [1.29, 1.82) is 0 Å². The second-order valence-corrected chi connectivity index (χ2v) is 6.56. The number of methoxy groups -OCH3 is 1. The van der Waals surface area contributed by atoms with Crippen molar-refractivity contribution in [3.63, 3.8) is 0 Å². The van der Waals surface area contributed by atoms with Crippen LogP contribution in [0.4, 0.5) is 0 Å². The molecule has 0 spiro atoms. The molecule has 0 aliphatic rings. The van der Waals surface area contributed by atoms with E-state index in [2.05, 4.69) is 34.6 Å². The van der Waals surface area contributed by atoms with Crippen molar-refractivity contribution in [2.24, 2.45) is 4.99 Å². The van der Waals surface area contributed by atoms with Crippen LogP contribution in [0.1, 0.15) is 45.1 Å². The molecule has 1 heterocycles. The highest BCUT2D eigenvalue weighted by molar-refractivity contribution is 5.79. The lowest BCUT2D eigenvalue weighted by Gasteiger charge is -2.18. The Morgan fingerprint density at radius 1 is 1.19 bits per heavy atom. The molecular weight excluding hydrogens is 344 g/mol. The quantitative estimate of drug-likeness (QED) is 0.518. The van der Waals surface area contributed by atoms with Crippen LogP contribution in [-0.2, 0) is 6.54 Å². The molecule has 0 aliphatic carbocycles. The molecule has 0 amide bonds. The molecule has 7 nitrogen and oxygen atoms in total. The van der Waals surface area contributed by atoms with E-state index in [1.165, 1.54) is 0 Å². The Balaban J connectivity index is 1.88. The van der Waals surface area contributed by atoms with Gasteiger partial charge in [-0.25, -0.2) is 4.99 Å². The van der Waals surface area contributed by atoms with Crippen LogP contribution in [-0.4, -0.2) is 37.4 Å². The number of aromatic nitrogens is 1. The molecular formula is C20H30N4O3. The van der Waals surface area contributed by atoms with Gasteiger partial charge >= 0.3 is 0 Å². The maximum absolute atomic E-state index is 5.92. The standard InChI is InChI=1S/C20H30N4O3/c1-6-21-20(23-13-18-11-19(14(2)3)24-27-18)22-12-15(4)26-17-9-7-8-16(10-17)25-5/h7-11,14-15H,6,12-13H2,1-5H3,(H2,21,22,23). The minimum Gasteiger partial charge on any atom is -0.497 e. The van der Waals surface area contributed by atoms with Crippen molar-refractivity contribution in [3.8, 4) is 11.5 Å². The Bertz CT molecular complexity index is 728. The summed E-state index contributed by atoms with van der Waals surface area (Å²) in [5, 5.41) is 10.6. The fraction of sp³-hybridized carbons (Fsp3) is 0.500. The van der Waals surface area contributed by atoms with E-state index < -0.39 is 0 Å². The Labute approximate surface area is 161 Å². The molecule has 2 aromatic rings. The van der Waals surface area contributed by atoms with Crippen LogP contribution in [0.25, 0.3) is 0 Å². The maximum Gasteiger partial charge on any atom is 0.191 e. The highest BCUT2D eigenvalue weighted by atomic mass is 16.5. The first-order chi connectivity index (χ1) is 13.0. The molecule has 1 aromatic carbocycles. The third-order valence-corrected chi connectivity index (χ3v) is 3.84. The van der Waals surface area contributed by atoms with Gasteiger partial charge in [0.1, 0.15) is 24.1 Å². The smallest absolute Gasteiger partial charge is 0.191 e. The van der Waals surface area contributed by atoms with Gasteiger partial charge in [-0.15, -0.1) is 0 Å². The number of hydrogen-bond acceptors (Lipinski definition) is 5. The van der Waals surface area contributed by atoms with Crippen LogP contribution in [0, 0.1) is 0 Å². The van der Waals surface area contributed by atoms with Crippen molar-refractivity contribution in [2.75, 3.05) is 20.2 Å². The average molecular weight is 374 g/mol. The largest absolute Gasteiger partial charge is 0.497 e. The van der Waals surface area contributed by atoms with Crippen molar-refractivity contribution in [1.82, 2.24) is 15.8 Å². The lowest BCUT2D eigenvalue weighted by molar-refractivity contribution is 0.223. The van der Waals surface area contributed by atoms with Crippen LogP contribution in [0.15, 0.2) is 39.8 Å². The molecule has 0 aliphatic heterocycles. The number of nitrogens with zero attached hydrogens (tertiary/aromatic N) is 2. The predicted octanol–water partition coefficient (Wildman–Crippen LogP) is 3.33. The van der Waals surface area contributed by atoms with Gasteiger partial charge in [-0.3, -0.25) is 0 Å². The first-order valence-electron chi connectivity index (χ1n) is 9.30. The third kappa shape index (κ3) is 6.84. The zero-order valence-corrected chi connectivity index (χ0v) is 16.8. The van der Waals surface area contributed by atoms with Gasteiger partial charge in [-0.05, 0) is 31.9 Å². The fourth-order valence-corrected chi connectivity index (χ4v) is 2.36. The molecule has 0 saturated heterocycles. The molecule has 27 heavy (non-hydrogen) atoms. The summed E-state index contributed by atoms with van der Waals surface area (Å²) in [6.07, 6.45) is -0.0428. The molecule has 1 aromatic heterocycles. The average Bonchev–Trinajstić information content (AvgIpc) is 3.13. The summed E-state index contributed by atoms with van der Waals surface area (Å²) in [6, 6.07) is 9.52. The molecule has 2 rings (SSSR count). The van der Waals surface area contributed by atoms with E-state index in [4.69, 9.17) is 14.0 Å². The fourth-order valence-electron chi connectivity index (χ4n) is 2.36. The Morgan fingerprint density at radius 2 is 1.96 bits per heavy atom. The van der Waals surface area contributed by atoms with Crippen LogP contribution >= 0.6 is 0 Å². The van der Waals surface area contributed by atoms with Crippen molar-refractivity contribution in [2.45, 2.75) is 46.3 Å². The van der Waals surface area contributed by atoms with E-state index in [9.17, 15) is 0 Å². The topological polar surface area (TPSA) is 80.9 Å². The zero-order chi connectivity index (χ0) is 19.6. The van der Waals surface area contributed by atoms with Crippen molar-refractivity contribution >= 4 is 5.96 Å². The molecule has 148 valence electrons. The SMILES string of the molecule is CCNC(=NCc1cc(C(C)C)no1)NCC(C)Oc1cccc(OC)c1. The second kappa shape index (κ2) is 10.4. The lowest BCUT2D eigenvalue weighted by Crippen LogP contribution is -2.41. The summed E-state index contributed by atoms with van der Waals surface area (Å²) in [7, 11) is 1.64. The molecule has 0 bridgehead atoms. The van der Waals surface area contributed by atoms with E-state index in [1.54, 1.807) is 7.11 Å². The van der Waals surface area contributed by atoms with Crippen LogP contribution in [0.5, 0.6) is 11.5 Å². The van der Waals surface area contributed by atoms with Gasteiger partial charge < -0.3 is 24.6 Å². The first-order valence-corrected chi connectivity index (χ1v) is 9.30. The number of nitrogens with one attached hydrogen (secondary N) is 2. The molecule has 7 heteroatoms. The summed E-state index contributed by atoms with van der Waals surface area (Å²) < 4.78 is 16.5. The molecule has 1 atom stereocenters. The maximum atomic E-state index is 5.92. The highest BCUT2D eigenvalue weighted by Gasteiger charge is 2.09. The summed E-state index contributed by atoms with van der Waals surface area (Å²) >= 11 is 0. The van der Waals surface area contributed by atoms with Gasteiger partial charge in [0, 0.05) is 18.7 Å². The highest BCUT2D eigenvalue weighted by Crippen LogP contribution is 2.19. The Morgan fingerprint density at radius 3 is 2.63 bits per heavy atom. The van der Waals surface area contributed by atoms with E-state index in [0.717, 1.165) is 29.5 Å². The van der Waals surface area contributed by atoms with Gasteiger partial charge in [-0.1, -0.05) is 25.1 Å². The molecule has 0 fully saturated rings. The van der Waals surface area contributed by atoms with Crippen molar-refractivity contribution < 1.29 is 14.0 Å². The van der Waals surface area contributed by atoms with E-state index in [-0.39, 0.29) is 6.10 Å². The van der Waals surface area contributed by atoms with E-state index in [1.807, 2.05) is 44.2 Å². The predicted molar refractivity (Wildman–Crippen MR) is 106 cm³/mol. The van der Waals surface area contributed by atoms with Gasteiger partial charge in [0.2, 0.25) is 0 Å². The van der Waals surface area contributed by atoms with Gasteiger partial charge in [-0.2, -0.15) is 0 Å². The van der Waals surface area contributed by atoms with Crippen LogP contribution < -0.4 is 20.1 Å². The number of guanidine groups is 1. The number of hydrogen-bond donors (Lipinski definition) is 2. The number of benzene rings is 1. The number of aliphatic imine (C=N–C) groups is 1. The zero-order valence-electron chi connectivity index (χ0n) is 16.8. The first kappa shape index (κ1) is 20.6. The van der Waals surface area contributed by atoms with E-state index >= 15 is 0 Å². The van der Waals surface area contributed by atoms with Crippen LogP contribution in [0.3, 0.4) is 0 Å². The monoisotopic (exact) mass is 374 g/mol. The van der Waals surface area contributed by atoms with Gasteiger partial charge in [0.25, 0.3) is 0 Å². The molecule has 0 radical (unpaired) electrons. The molecule has 2 N–H and O–H groups in total. The van der Waals surface area contributed by atoms with Crippen molar-refractivity contribution in [3.05, 3.63) is 41.8 Å². The normalized spacial score (nSPS) is 12.7. The number of rotatable bonds is 9. The van der Waals surface area contributed by atoms with E-state index in [0.29, 0.717) is 25.0 Å². The Hall–Kier alpha value is -2.70. The number of ether oxygens (including phenoxy) is 2. The summed E-state index contributed by atoms with van der Waals surface area (Å²) in [6.45, 7) is 10.0. The van der Waals surface area contributed by atoms with Gasteiger partial charge in [0.05, 0.1) is 19.3 Å². The Kier molecular flexibility index (Phi) is 7.98. The lowest BCUT2D eigenvalue weighted by atomic mass is 10.1. The van der Waals surface area contributed by atoms with Crippen LogP contribution in [0.2, 0.25) is 0 Å². The third-order valence-electron chi connectivity index (χ3n) is 3.84. The minimum atomic E-state index is -0.0428. The summed E-state index contributed by atoms with van der Waals surface area (Å²) in [5.74, 6) is 3.34. The molecule has 0 saturated carbocycles.